The minimum Gasteiger partial charge on any atom is -0.393 e. The summed E-state index contributed by atoms with van der Waals surface area (Å²) in [5, 5.41) is 20.9. The molecule has 9 nitrogen and oxygen atoms in total. The lowest BCUT2D eigenvalue weighted by Crippen LogP contribution is -2.35. The van der Waals surface area contributed by atoms with Crippen molar-refractivity contribution in [2.24, 2.45) is 0 Å². The van der Waals surface area contributed by atoms with E-state index in [1.54, 1.807) is 6.20 Å². The summed E-state index contributed by atoms with van der Waals surface area (Å²) >= 11 is 0. The summed E-state index contributed by atoms with van der Waals surface area (Å²) in [6, 6.07) is 11.9. The number of likely N-dealkylation sites (tertiary alicyclic amines) is 1. The first-order valence-corrected chi connectivity index (χ1v) is 13.5. The number of hydrogen-bond acceptors (Lipinski definition) is 7. The number of hydrogen-bond donors (Lipinski definition) is 3. The van der Waals surface area contributed by atoms with Crippen molar-refractivity contribution in [1.82, 2.24) is 25.1 Å². The van der Waals surface area contributed by atoms with E-state index in [1.165, 1.54) is 19.3 Å². The number of fused-ring (bicyclic) bond motifs is 1. The van der Waals surface area contributed by atoms with Crippen LogP contribution in [0.25, 0.3) is 22.0 Å². The molecule has 4 aromatic rings. The zero-order valence-electron chi connectivity index (χ0n) is 21.4. The van der Waals surface area contributed by atoms with Gasteiger partial charge < -0.3 is 15.3 Å². The highest BCUT2D eigenvalue weighted by Gasteiger charge is 2.19. The number of aromatic amines is 1. The molecule has 1 amide bonds. The topological polar surface area (TPSA) is 110 Å². The Morgan fingerprint density at radius 1 is 1.00 bits per heavy atom. The van der Waals surface area contributed by atoms with E-state index in [0.29, 0.717) is 11.4 Å². The van der Waals surface area contributed by atoms with Crippen LogP contribution in [0.3, 0.4) is 0 Å². The molecule has 0 aliphatic carbocycles. The predicted octanol–water partition coefficient (Wildman–Crippen LogP) is 4.22. The van der Waals surface area contributed by atoms with Crippen LogP contribution in [-0.4, -0.2) is 68.4 Å². The molecular weight excluding hydrogens is 478 g/mol. The quantitative estimate of drug-likeness (QED) is 0.356. The van der Waals surface area contributed by atoms with Gasteiger partial charge in [0.15, 0.2) is 5.69 Å². The van der Waals surface area contributed by atoms with Crippen molar-refractivity contribution in [3.8, 4) is 11.1 Å². The lowest BCUT2D eigenvalue weighted by Gasteiger charge is -2.29. The van der Waals surface area contributed by atoms with Crippen LogP contribution < -0.4 is 10.2 Å². The third-order valence-electron chi connectivity index (χ3n) is 7.55. The Hall–Kier alpha value is -3.82. The van der Waals surface area contributed by atoms with E-state index in [-0.39, 0.29) is 12.0 Å². The maximum absolute atomic E-state index is 13.3. The number of carbonyl (C=O) groups is 1. The summed E-state index contributed by atoms with van der Waals surface area (Å²) in [5.41, 5.74) is 4.97. The van der Waals surface area contributed by atoms with Gasteiger partial charge in [-0.15, -0.1) is 0 Å². The van der Waals surface area contributed by atoms with Gasteiger partial charge in [-0.3, -0.25) is 19.8 Å². The second kappa shape index (κ2) is 10.9. The van der Waals surface area contributed by atoms with Gasteiger partial charge in [-0.05, 0) is 67.5 Å². The fraction of sp³-hybridized carbons (Fsp3) is 0.379. The van der Waals surface area contributed by atoms with Crippen LogP contribution >= 0.6 is 0 Å². The summed E-state index contributed by atoms with van der Waals surface area (Å²) in [4.78, 5) is 26.9. The van der Waals surface area contributed by atoms with Gasteiger partial charge in [0.2, 0.25) is 0 Å². The number of anilines is 2. The molecule has 3 N–H and O–H groups in total. The molecule has 0 spiro atoms. The lowest BCUT2D eigenvalue weighted by atomic mass is 10.0. The van der Waals surface area contributed by atoms with Gasteiger partial charge in [-0.25, -0.2) is 4.98 Å². The van der Waals surface area contributed by atoms with Crippen LogP contribution in [0.2, 0.25) is 0 Å². The van der Waals surface area contributed by atoms with Gasteiger partial charge in [-0.2, -0.15) is 5.10 Å². The van der Waals surface area contributed by atoms with Crippen molar-refractivity contribution in [2.75, 3.05) is 36.4 Å². The van der Waals surface area contributed by atoms with Gasteiger partial charge in [-0.1, -0.05) is 6.07 Å². The molecule has 6 rings (SSSR count). The number of H-pyrrole nitrogens is 1. The van der Waals surface area contributed by atoms with Crippen LogP contribution in [0.5, 0.6) is 0 Å². The van der Waals surface area contributed by atoms with Crippen molar-refractivity contribution in [3.63, 3.8) is 0 Å². The van der Waals surface area contributed by atoms with Crippen LogP contribution in [0.15, 0.2) is 55.0 Å². The summed E-state index contributed by atoms with van der Waals surface area (Å²) in [6.07, 6.45) is 10.5. The fourth-order valence-corrected chi connectivity index (χ4v) is 5.42. The molecule has 196 valence electrons. The standard InChI is InChI=1S/C29H33N7O2/c37-24-7-12-35(13-8-24)19-20-14-22(18-30-17-20)21-4-5-26-25(15-21)28(34-33-26)29(38)32-23-6-9-31-27(16-23)36-10-2-1-3-11-36/h4-6,9,14-18,24,37H,1-3,7-8,10-13,19H2,(H,33,34)(H,31,32,38). The Balaban J connectivity index is 1.20. The summed E-state index contributed by atoms with van der Waals surface area (Å²) < 4.78 is 0. The number of benzene rings is 1. The number of rotatable bonds is 6. The monoisotopic (exact) mass is 511 g/mol. The molecule has 5 heterocycles. The van der Waals surface area contributed by atoms with Crippen LogP contribution in [0.4, 0.5) is 11.5 Å². The van der Waals surface area contributed by atoms with Gasteiger partial charge in [0, 0.05) is 74.0 Å². The van der Waals surface area contributed by atoms with Crippen LogP contribution in [0, 0.1) is 0 Å². The number of nitrogens with zero attached hydrogens (tertiary/aromatic N) is 5. The molecule has 0 atom stereocenters. The average molecular weight is 512 g/mol. The molecule has 0 saturated carbocycles. The van der Waals surface area contributed by atoms with E-state index in [9.17, 15) is 9.90 Å². The van der Waals surface area contributed by atoms with E-state index in [0.717, 1.165) is 79.0 Å². The number of aromatic nitrogens is 4. The Bertz CT molecular complexity index is 1420. The summed E-state index contributed by atoms with van der Waals surface area (Å²) in [7, 11) is 0. The zero-order chi connectivity index (χ0) is 25.9. The molecular formula is C29H33N7O2. The second-order valence-corrected chi connectivity index (χ2v) is 10.3. The Labute approximate surface area is 221 Å². The highest BCUT2D eigenvalue weighted by Crippen LogP contribution is 2.27. The fourth-order valence-electron chi connectivity index (χ4n) is 5.42. The number of nitrogens with one attached hydrogen (secondary N) is 2. The molecule has 38 heavy (non-hydrogen) atoms. The number of pyridine rings is 2. The summed E-state index contributed by atoms with van der Waals surface area (Å²) in [6.45, 7) is 4.58. The second-order valence-electron chi connectivity index (χ2n) is 10.3. The third-order valence-corrected chi connectivity index (χ3v) is 7.55. The van der Waals surface area contributed by atoms with Gasteiger partial charge in [0.1, 0.15) is 5.82 Å². The first-order chi connectivity index (χ1) is 18.6. The Kier molecular flexibility index (Phi) is 7.02. The van der Waals surface area contributed by atoms with E-state index >= 15 is 0 Å². The number of aliphatic hydroxyl groups excluding tert-OH is 1. The van der Waals surface area contributed by atoms with Gasteiger partial charge >= 0.3 is 0 Å². The van der Waals surface area contributed by atoms with E-state index < -0.39 is 0 Å². The highest BCUT2D eigenvalue weighted by molar-refractivity contribution is 6.11. The number of carbonyl (C=O) groups excluding carboxylic acids is 1. The molecule has 0 radical (unpaired) electrons. The minimum atomic E-state index is -0.261. The molecule has 0 bridgehead atoms. The van der Waals surface area contributed by atoms with Crippen molar-refractivity contribution < 1.29 is 9.90 Å². The molecule has 1 aromatic carbocycles. The van der Waals surface area contributed by atoms with Crippen LogP contribution in [-0.2, 0) is 6.54 Å². The van der Waals surface area contributed by atoms with Crippen molar-refractivity contribution in [3.05, 3.63) is 66.2 Å². The van der Waals surface area contributed by atoms with Gasteiger partial charge in [0.05, 0.1) is 11.6 Å². The Morgan fingerprint density at radius 2 is 1.84 bits per heavy atom. The highest BCUT2D eigenvalue weighted by atomic mass is 16.3. The Morgan fingerprint density at radius 3 is 2.68 bits per heavy atom. The smallest absolute Gasteiger partial charge is 0.276 e. The molecule has 2 aliphatic rings. The van der Waals surface area contributed by atoms with E-state index in [2.05, 4.69) is 41.3 Å². The first-order valence-electron chi connectivity index (χ1n) is 13.5. The van der Waals surface area contributed by atoms with Crippen molar-refractivity contribution >= 4 is 28.3 Å². The molecule has 0 unspecified atom stereocenters. The molecule has 2 fully saturated rings. The molecule has 2 aliphatic heterocycles. The average Bonchev–Trinajstić information content (AvgIpc) is 3.39. The van der Waals surface area contributed by atoms with Gasteiger partial charge in [0.25, 0.3) is 5.91 Å². The predicted molar refractivity (Wildman–Crippen MR) is 148 cm³/mol. The van der Waals surface area contributed by atoms with Crippen molar-refractivity contribution in [1.29, 1.82) is 0 Å². The van der Waals surface area contributed by atoms with E-state index in [4.69, 9.17) is 0 Å². The molecule has 2 saturated heterocycles. The third kappa shape index (κ3) is 5.39. The maximum atomic E-state index is 13.3. The minimum absolute atomic E-state index is 0.181. The molecule has 9 heteroatoms. The maximum Gasteiger partial charge on any atom is 0.276 e. The first kappa shape index (κ1) is 24.5. The van der Waals surface area contributed by atoms with Crippen molar-refractivity contribution in [2.45, 2.75) is 44.8 Å². The molecule has 3 aromatic heterocycles. The summed E-state index contributed by atoms with van der Waals surface area (Å²) in [5.74, 6) is 0.633. The number of aliphatic hydroxyl groups is 1. The number of amides is 1. The lowest BCUT2D eigenvalue weighted by molar-refractivity contribution is 0.0792. The normalized spacial score (nSPS) is 17.1. The van der Waals surface area contributed by atoms with E-state index in [1.807, 2.05) is 42.7 Å². The zero-order valence-corrected chi connectivity index (χ0v) is 21.4. The SMILES string of the molecule is O=C(Nc1ccnc(N2CCCCC2)c1)c1n[nH]c2ccc(-c3cncc(CN4CCC(O)CC4)c3)cc12. The largest absolute Gasteiger partial charge is 0.393 e. The van der Waals surface area contributed by atoms with Crippen LogP contribution in [0.1, 0.15) is 48.2 Å². The number of piperidine rings is 2.